The second-order valence-electron chi connectivity index (χ2n) is 4.96. The van der Waals surface area contributed by atoms with Crippen LogP contribution in [0.1, 0.15) is 0 Å². The summed E-state index contributed by atoms with van der Waals surface area (Å²) in [6.07, 6.45) is 3.60. The van der Waals surface area contributed by atoms with E-state index in [0.29, 0.717) is 0 Å². The van der Waals surface area contributed by atoms with Gasteiger partial charge in [0.2, 0.25) is 0 Å². The molecule has 3 aromatic rings. The van der Waals surface area contributed by atoms with Crippen molar-refractivity contribution in [2.75, 3.05) is 29.5 Å². The first kappa shape index (κ1) is 12.6. The summed E-state index contributed by atoms with van der Waals surface area (Å²) in [5.74, 6) is 4.01. The number of nitrogens with zero attached hydrogens (tertiary/aromatic N) is 4. The van der Waals surface area contributed by atoms with Gasteiger partial charge in [0.15, 0.2) is 5.82 Å². The van der Waals surface area contributed by atoms with Gasteiger partial charge in [0.25, 0.3) is 0 Å². The number of nitrogens with one attached hydrogen (secondary N) is 1. The molecule has 0 amide bonds. The Kier molecular flexibility index (Phi) is 3.23. The molecule has 3 heterocycles. The van der Waals surface area contributed by atoms with Crippen LogP contribution in [-0.2, 0) is 0 Å². The summed E-state index contributed by atoms with van der Waals surface area (Å²) < 4.78 is 0. The fourth-order valence-corrected chi connectivity index (χ4v) is 3.39. The predicted molar refractivity (Wildman–Crippen MR) is 86.7 cm³/mol. The number of rotatable bonds is 2. The number of aromatic amines is 1. The maximum Gasteiger partial charge on any atom is 0.158 e. The molecule has 6 heteroatoms. The summed E-state index contributed by atoms with van der Waals surface area (Å²) in [6.45, 7) is 2.06. The van der Waals surface area contributed by atoms with Crippen LogP contribution in [0.3, 0.4) is 0 Å². The van der Waals surface area contributed by atoms with Crippen LogP contribution in [0.25, 0.3) is 22.6 Å². The predicted octanol–water partition coefficient (Wildman–Crippen LogP) is 2.57. The van der Waals surface area contributed by atoms with Gasteiger partial charge in [-0.3, -0.25) is 4.98 Å². The topological polar surface area (TPSA) is 57.7 Å². The molecule has 0 saturated carbocycles. The summed E-state index contributed by atoms with van der Waals surface area (Å²) in [5, 5.41) is 0. The maximum absolute atomic E-state index is 4.72. The van der Waals surface area contributed by atoms with Gasteiger partial charge in [-0.15, -0.1) is 0 Å². The molecular formula is C15H15N5S. The molecule has 21 heavy (non-hydrogen) atoms. The number of fused-ring (bicyclic) bond motifs is 1. The largest absolute Gasteiger partial charge is 0.354 e. The molecule has 2 aromatic heterocycles. The standard InChI is InChI=1S/C15H15N5S/c1-2-4-12-11(3-1)18-15(19-12)13-9-16-10-14(17-13)20-5-7-21-8-6-20/h1-4,9-10H,5-8H2,(H,18,19). The molecule has 0 spiro atoms. The highest BCUT2D eigenvalue weighted by Crippen LogP contribution is 2.21. The molecule has 1 saturated heterocycles. The highest BCUT2D eigenvalue weighted by atomic mass is 32.2. The molecule has 0 atom stereocenters. The molecule has 106 valence electrons. The van der Waals surface area contributed by atoms with Crippen molar-refractivity contribution in [3.05, 3.63) is 36.7 Å². The number of hydrogen-bond acceptors (Lipinski definition) is 5. The second-order valence-corrected chi connectivity index (χ2v) is 6.19. The summed E-state index contributed by atoms with van der Waals surface area (Å²) in [4.78, 5) is 19.2. The highest BCUT2D eigenvalue weighted by molar-refractivity contribution is 7.99. The van der Waals surface area contributed by atoms with Crippen molar-refractivity contribution in [3.63, 3.8) is 0 Å². The molecule has 1 fully saturated rings. The SMILES string of the molecule is c1ccc2[nH]c(-c3cncc(N4CCSCC4)n3)nc2c1. The van der Waals surface area contributed by atoms with Crippen LogP contribution in [0, 0.1) is 0 Å². The lowest BCUT2D eigenvalue weighted by Gasteiger charge is -2.27. The van der Waals surface area contributed by atoms with E-state index in [-0.39, 0.29) is 0 Å². The van der Waals surface area contributed by atoms with Gasteiger partial charge in [0.05, 0.1) is 23.4 Å². The van der Waals surface area contributed by atoms with E-state index in [1.165, 1.54) is 0 Å². The summed E-state index contributed by atoms with van der Waals surface area (Å²) in [5.41, 5.74) is 2.77. The first-order valence-corrected chi connectivity index (χ1v) is 8.15. The minimum atomic E-state index is 0.775. The minimum absolute atomic E-state index is 0.775. The Morgan fingerprint density at radius 1 is 1.05 bits per heavy atom. The van der Waals surface area contributed by atoms with Crippen LogP contribution in [-0.4, -0.2) is 44.5 Å². The molecule has 0 unspecified atom stereocenters. The van der Waals surface area contributed by atoms with Gasteiger partial charge in [-0.25, -0.2) is 9.97 Å². The quantitative estimate of drug-likeness (QED) is 0.788. The smallest absolute Gasteiger partial charge is 0.158 e. The van der Waals surface area contributed by atoms with Gasteiger partial charge in [0, 0.05) is 24.6 Å². The zero-order valence-corrected chi connectivity index (χ0v) is 12.3. The van der Waals surface area contributed by atoms with Gasteiger partial charge in [-0.05, 0) is 12.1 Å². The third-order valence-corrected chi connectivity index (χ3v) is 4.53. The van der Waals surface area contributed by atoms with E-state index in [2.05, 4.69) is 19.9 Å². The van der Waals surface area contributed by atoms with Crippen LogP contribution >= 0.6 is 11.8 Å². The van der Waals surface area contributed by atoms with Crippen LogP contribution in [0.15, 0.2) is 36.7 Å². The average Bonchev–Trinajstić information content (AvgIpc) is 3.00. The van der Waals surface area contributed by atoms with Crippen LogP contribution in [0.5, 0.6) is 0 Å². The lowest BCUT2D eigenvalue weighted by molar-refractivity contribution is 0.834. The first-order chi connectivity index (χ1) is 10.4. The molecule has 5 nitrogen and oxygen atoms in total. The summed E-state index contributed by atoms with van der Waals surface area (Å²) in [6, 6.07) is 8.00. The number of H-pyrrole nitrogens is 1. The second kappa shape index (κ2) is 5.37. The average molecular weight is 297 g/mol. The van der Waals surface area contributed by atoms with Crippen molar-refractivity contribution in [2.45, 2.75) is 0 Å². The number of benzene rings is 1. The van der Waals surface area contributed by atoms with E-state index >= 15 is 0 Å². The summed E-state index contributed by atoms with van der Waals surface area (Å²) >= 11 is 1.99. The van der Waals surface area contributed by atoms with E-state index in [1.807, 2.05) is 42.2 Å². The number of imidazole rings is 1. The van der Waals surface area contributed by atoms with Crippen molar-refractivity contribution < 1.29 is 0 Å². The fraction of sp³-hybridized carbons (Fsp3) is 0.267. The Morgan fingerprint density at radius 3 is 2.76 bits per heavy atom. The maximum atomic E-state index is 4.72. The highest BCUT2D eigenvalue weighted by Gasteiger charge is 2.14. The third kappa shape index (κ3) is 2.47. The van der Waals surface area contributed by atoms with E-state index in [4.69, 9.17) is 4.98 Å². The molecule has 0 radical (unpaired) electrons. The molecule has 4 rings (SSSR count). The number of para-hydroxylation sites is 2. The molecular weight excluding hydrogens is 282 g/mol. The fourth-order valence-electron chi connectivity index (χ4n) is 2.49. The van der Waals surface area contributed by atoms with Crippen molar-refractivity contribution >= 4 is 28.6 Å². The lowest BCUT2D eigenvalue weighted by Crippen LogP contribution is -2.33. The zero-order chi connectivity index (χ0) is 14.1. The van der Waals surface area contributed by atoms with E-state index < -0.39 is 0 Å². The van der Waals surface area contributed by atoms with E-state index in [0.717, 1.165) is 53.0 Å². The van der Waals surface area contributed by atoms with Crippen LogP contribution < -0.4 is 4.90 Å². The Balaban J connectivity index is 1.71. The molecule has 1 N–H and O–H groups in total. The number of thioether (sulfide) groups is 1. The van der Waals surface area contributed by atoms with Crippen molar-refractivity contribution in [2.24, 2.45) is 0 Å². The Bertz CT molecular complexity index is 730. The Morgan fingerprint density at radius 2 is 1.90 bits per heavy atom. The van der Waals surface area contributed by atoms with Crippen LogP contribution in [0.2, 0.25) is 0 Å². The molecule has 1 aliphatic rings. The first-order valence-electron chi connectivity index (χ1n) is 7.00. The molecule has 1 aromatic carbocycles. The van der Waals surface area contributed by atoms with Gasteiger partial charge in [-0.1, -0.05) is 12.1 Å². The molecule has 1 aliphatic heterocycles. The van der Waals surface area contributed by atoms with Crippen molar-refractivity contribution in [1.29, 1.82) is 0 Å². The van der Waals surface area contributed by atoms with Gasteiger partial charge in [-0.2, -0.15) is 11.8 Å². The van der Waals surface area contributed by atoms with Gasteiger partial charge >= 0.3 is 0 Å². The minimum Gasteiger partial charge on any atom is -0.354 e. The lowest BCUT2D eigenvalue weighted by atomic mass is 10.3. The number of anilines is 1. The monoisotopic (exact) mass is 297 g/mol. The van der Waals surface area contributed by atoms with Gasteiger partial charge < -0.3 is 9.88 Å². The van der Waals surface area contributed by atoms with E-state index in [9.17, 15) is 0 Å². The molecule has 0 bridgehead atoms. The molecule has 0 aliphatic carbocycles. The van der Waals surface area contributed by atoms with E-state index in [1.54, 1.807) is 6.20 Å². The Hall–Kier alpha value is -2.08. The van der Waals surface area contributed by atoms with Crippen molar-refractivity contribution in [1.82, 2.24) is 19.9 Å². The zero-order valence-electron chi connectivity index (χ0n) is 11.5. The normalized spacial score (nSPS) is 15.5. The van der Waals surface area contributed by atoms with Crippen LogP contribution in [0.4, 0.5) is 5.82 Å². The third-order valence-electron chi connectivity index (χ3n) is 3.59. The number of aromatic nitrogens is 4. The van der Waals surface area contributed by atoms with Crippen molar-refractivity contribution in [3.8, 4) is 11.5 Å². The van der Waals surface area contributed by atoms with Gasteiger partial charge in [0.1, 0.15) is 11.5 Å². The number of hydrogen-bond donors (Lipinski definition) is 1. The summed E-state index contributed by atoms with van der Waals surface area (Å²) in [7, 11) is 0. The Labute approximate surface area is 126 Å².